The van der Waals surface area contributed by atoms with Crippen molar-refractivity contribution in [1.82, 2.24) is 0 Å². The zero-order valence-corrected chi connectivity index (χ0v) is 10.7. The first kappa shape index (κ1) is 11.7. The maximum absolute atomic E-state index is 6.20. The van der Waals surface area contributed by atoms with Crippen LogP contribution >= 0.6 is 0 Å². The van der Waals surface area contributed by atoms with Crippen LogP contribution in [0.2, 0.25) is 0 Å². The van der Waals surface area contributed by atoms with Crippen LogP contribution in [0.15, 0.2) is 18.2 Å². The van der Waals surface area contributed by atoms with Crippen molar-refractivity contribution in [3.63, 3.8) is 0 Å². The van der Waals surface area contributed by atoms with Crippen molar-refractivity contribution in [2.24, 2.45) is 5.73 Å². The third-order valence-electron chi connectivity index (χ3n) is 4.17. The van der Waals surface area contributed by atoms with E-state index in [1.165, 1.54) is 36.0 Å². The zero-order valence-electron chi connectivity index (χ0n) is 10.7. The second kappa shape index (κ2) is 4.21. The Hall–Kier alpha value is -0.820. The highest BCUT2D eigenvalue weighted by Crippen LogP contribution is 2.33. The summed E-state index contributed by atoms with van der Waals surface area (Å²) in [6.45, 7) is 6.87. The van der Waals surface area contributed by atoms with Crippen molar-refractivity contribution in [1.29, 1.82) is 0 Å². The Kier molecular flexibility index (Phi) is 3.07. The largest absolute Gasteiger partial charge is 0.324 e. The molecule has 0 spiro atoms. The minimum Gasteiger partial charge on any atom is -0.324 e. The first-order chi connectivity index (χ1) is 7.54. The topological polar surface area (TPSA) is 26.0 Å². The van der Waals surface area contributed by atoms with Crippen molar-refractivity contribution in [3.05, 3.63) is 34.9 Å². The van der Waals surface area contributed by atoms with Gasteiger partial charge in [0.2, 0.25) is 0 Å². The van der Waals surface area contributed by atoms with Gasteiger partial charge in [0.1, 0.15) is 0 Å². The fourth-order valence-corrected chi connectivity index (χ4v) is 2.46. The summed E-state index contributed by atoms with van der Waals surface area (Å²) in [6, 6.07) is 7.20. The summed E-state index contributed by atoms with van der Waals surface area (Å²) < 4.78 is 0. The standard InChI is InChI=1S/C15H23N/c1-4-15(2,3)12-9-8-11-6-5-7-14(16)13(11)10-12/h8-10,14H,4-7,16H2,1-3H3. The summed E-state index contributed by atoms with van der Waals surface area (Å²) in [5.74, 6) is 0. The van der Waals surface area contributed by atoms with E-state index in [1.807, 2.05) is 0 Å². The summed E-state index contributed by atoms with van der Waals surface area (Å²) in [5.41, 5.74) is 10.8. The smallest absolute Gasteiger partial charge is 0.0297 e. The fraction of sp³-hybridized carbons (Fsp3) is 0.600. The molecule has 1 heteroatoms. The van der Waals surface area contributed by atoms with E-state index in [9.17, 15) is 0 Å². The Balaban J connectivity index is 2.41. The maximum Gasteiger partial charge on any atom is 0.0297 e. The Morgan fingerprint density at radius 1 is 1.38 bits per heavy atom. The Morgan fingerprint density at radius 2 is 2.12 bits per heavy atom. The zero-order chi connectivity index (χ0) is 11.8. The molecule has 1 atom stereocenters. The summed E-state index contributed by atoms with van der Waals surface area (Å²) in [4.78, 5) is 0. The van der Waals surface area contributed by atoms with E-state index in [2.05, 4.69) is 39.0 Å². The third kappa shape index (κ3) is 2.01. The highest BCUT2D eigenvalue weighted by atomic mass is 14.6. The molecule has 0 saturated heterocycles. The van der Waals surface area contributed by atoms with Crippen molar-refractivity contribution < 1.29 is 0 Å². The van der Waals surface area contributed by atoms with Gasteiger partial charge in [-0.05, 0) is 47.8 Å². The van der Waals surface area contributed by atoms with Gasteiger partial charge in [0.25, 0.3) is 0 Å². The average Bonchev–Trinajstić information content (AvgIpc) is 2.29. The first-order valence-corrected chi connectivity index (χ1v) is 6.43. The van der Waals surface area contributed by atoms with Gasteiger partial charge in [0, 0.05) is 6.04 Å². The Morgan fingerprint density at radius 3 is 2.81 bits per heavy atom. The van der Waals surface area contributed by atoms with Crippen LogP contribution in [0.5, 0.6) is 0 Å². The molecule has 0 fully saturated rings. The maximum atomic E-state index is 6.20. The van der Waals surface area contributed by atoms with Gasteiger partial charge in [0.15, 0.2) is 0 Å². The van der Waals surface area contributed by atoms with Crippen LogP contribution in [0.4, 0.5) is 0 Å². The van der Waals surface area contributed by atoms with Crippen LogP contribution in [-0.4, -0.2) is 0 Å². The van der Waals surface area contributed by atoms with E-state index < -0.39 is 0 Å². The predicted molar refractivity (Wildman–Crippen MR) is 69.6 cm³/mol. The number of nitrogens with two attached hydrogens (primary N) is 1. The molecule has 0 aliphatic heterocycles. The third-order valence-corrected chi connectivity index (χ3v) is 4.17. The van der Waals surface area contributed by atoms with E-state index in [0.29, 0.717) is 0 Å². The molecule has 0 radical (unpaired) electrons. The van der Waals surface area contributed by atoms with E-state index >= 15 is 0 Å². The monoisotopic (exact) mass is 217 g/mol. The number of rotatable bonds is 2. The molecule has 2 N–H and O–H groups in total. The lowest BCUT2D eigenvalue weighted by Gasteiger charge is -2.28. The van der Waals surface area contributed by atoms with Crippen LogP contribution in [0.3, 0.4) is 0 Å². The second-order valence-corrected chi connectivity index (χ2v) is 5.65. The summed E-state index contributed by atoms with van der Waals surface area (Å²) >= 11 is 0. The molecule has 0 bridgehead atoms. The number of fused-ring (bicyclic) bond motifs is 1. The van der Waals surface area contributed by atoms with Gasteiger partial charge in [0.05, 0.1) is 0 Å². The van der Waals surface area contributed by atoms with Crippen LogP contribution in [-0.2, 0) is 11.8 Å². The van der Waals surface area contributed by atoms with E-state index in [-0.39, 0.29) is 11.5 Å². The first-order valence-electron chi connectivity index (χ1n) is 6.43. The molecule has 0 aromatic heterocycles. The van der Waals surface area contributed by atoms with Crippen molar-refractivity contribution in [3.8, 4) is 0 Å². The van der Waals surface area contributed by atoms with Gasteiger partial charge in [-0.25, -0.2) is 0 Å². The van der Waals surface area contributed by atoms with Gasteiger partial charge < -0.3 is 5.73 Å². The molecule has 1 aliphatic carbocycles. The molecule has 0 amide bonds. The minimum absolute atomic E-state index is 0.261. The van der Waals surface area contributed by atoms with Gasteiger partial charge in [-0.1, -0.05) is 39.0 Å². The van der Waals surface area contributed by atoms with Crippen LogP contribution < -0.4 is 5.73 Å². The van der Waals surface area contributed by atoms with Crippen molar-refractivity contribution >= 4 is 0 Å². The Bertz CT molecular complexity index is 379. The quantitative estimate of drug-likeness (QED) is 0.803. The average molecular weight is 217 g/mol. The Labute approximate surface area is 99.0 Å². The predicted octanol–water partition coefficient (Wildman–Crippen LogP) is 3.71. The van der Waals surface area contributed by atoms with Gasteiger partial charge in [-0.2, -0.15) is 0 Å². The molecule has 1 aromatic rings. The molecule has 16 heavy (non-hydrogen) atoms. The lowest BCUT2D eigenvalue weighted by molar-refractivity contribution is 0.501. The van der Waals surface area contributed by atoms with Crippen LogP contribution in [0, 0.1) is 0 Å². The molecule has 0 heterocycles. The molecular weight excluding hydrogens is 194 g/mol. The molecule has 0 saturated carbocycles. The van der Waals surface area contributed by atoms with Crippen LogP contribution in [0.25, 0.3) is 0 Å². The fourth-order valence-electron chi connectivity index (χ4n) is 2.46. The van der Waals surface area contributed by atoms with Crippen molar-refractivity contribution in [2.75, 3.05) is 0 Å². The lowest BCUT2D eigenvalue weighted by atomic mass is 9.78. The number of hydrogen-bond acceptors (Lipinski definition) is 1. The molecule has 1 unspecified atom stereocenters. The SMILES string of the molecule is CCC(C)(C)c1ccc2c(c1)C(N)CCC2. The molecule has 2 rings (SSSR count). The summed E-state index contributed by atoms with van der Waals surface area (Å²) in [5, 5.41) is 0. The summed E-state index contributed by atoms with van der Waals surface area (Å²) in [7, 11) is 0. The summed E-state index contributed by atoms with van der Waals surface area (Å²) in [6.07, 6.45) is 4.75. The van der Waals surface area contributed by atoms with Crippen LogP contribution in [0.1, 0.15) is 62.8 Å². The minimum atomic E-state index is 0.261. The lowest BCUT2D eigenvalue weighted by Crippen LogP contribution is -2.21. The number of benzene rings is 1. The number of hydrogen-bond donors (Lipinski definition) is 1. The molecule has 1 aliphatic rings. The van der Waals surface area contributed by atoms with Gasteiger partial charge in [-0.3, -0.25) is 0 Å². The second-order valence-electron chi connectivity index (χ2n) is 5.65. The number of aryl methyl sites for hydroxylation is 1. The molecular formula is C15H23N. The highest BCUT2D eigenvalue weighted by Gasteiger charge is 2.22. The van der Waals surface area contributed by atoms with Crippen molar-refractivity contribution in [2.45, 2.75) is 57.9 Å². The normalized spacial score (nSPS) is 20.6. The highest BCUT2D eigenvalue weighted by molar-refractivity contribution is 5.38. The molecule has 88 valence electrons. The van der Waals surface area contributed by atoms with E-state index in [1.54, 1.807) is 0 Å². The van der Waals surface area contributed by atoms with E-state index in [4.69, 9.17) is 5.73 Å². The molecule has 1 aromatic carbocycles. The van der Waals surface area contributed by atoms with Gasteiger partial charge in [-0.15, -0.1) is 0 Å². The van der Waals surface area contributed by atoms with Gasteiger partial charge >= 0.3 is 0 Å². The molecule has 1 nitrogen and oxygen atoms in total. The van der Waals surface area contributed by atoms with E-state index in [0.717, 1.165) is 6.42 Å².